The summed E-state index contributed by atoms with van der Waals surface area (Å²) in [6, 6.07) is 13.5. The number of piperazine rings is 1. The van der Waals surface area contributed by atoms with E-state index in [-0.39, 0.29) is 29.6 Å². The predicted octanol–water partition coefficient (Wildman–Crippen LogP) is 2.56. The minimum atomic E-state index is -3.73. The Hall–Kier alpha value is -2.26. The molecule has 0 unspecified atom stereocenters. The molecule has 0 saturated carbocycles. The van der Waals surface area contributed by atoms with Gasteiger partial charge in [0.2, 0.25) is 15.9 Å². The Morgan fingerprint density at radius 3 is 2.32 bits per heavy atom. The fourth-order valence-corrected chi connectivity index (χ4v) is 4.70. The second-order valence-electron chi connectivity index (χ2n) is 7.52. The highest BCUT2D eigenvalue weighted by Crippen LogP contribution is 2.15. The number of benzene rings is 2. The molecule has 2 aromatic rings. The first-order valence-electron chi connectivity index (χ1n) is 10.1. The second kappa shape index (κ2) is 10.4. The van der Waals surface area contributed by atoms with Crippen molar-refractivity contribution in [3.05, 3.63) is 64.7 Å². The van der Waals surface area contributed by atoms with Crippen molar-refractivity contribution in [3.63, 3.8) is 0 Å². The van der Waals surface area contributed by atoms with E-state index in [0.717, 1.165) is 25.2 Å². The molecule has 0 aliphatic carbocycles. The minimum absolute atomic E-state index is 0.0261. The van der Waals surface area contributed by atoms with Gasteiger partial charge in [-0.2, -0.15) is 0 Å². The lowest BCUT2D eigenvalue weighted by molar-refractivity contribution is -0.132. The molecule has 0 aromatic heterocycles. The van der Waals surface area contributed by atoms with Crippen molar-refractivity contribution >= 4 is 33.3 Å². The number of Topliss-reactive ketones (excluding diaryl/α,β-unsaturated/α-hetero) is 1. The van der Waals surface area contributed by atoms with Crippen LogP contribution in [0.3, 0.4) is 0 Å². The minimum Gasteiger partial charge on any atom is -0.340 e. The molecule has 1 aliphatic heterocycles. The van der Waals surface area contributed by atoms with Gasteiger partial charge in [-0.1, -0.05) is 35.9 Å². The number of hydrogen-bond donors (Lipinski definition) is 1. The fraction of sp³-hybridized carbons (Fsp3) is 0.364. The summed E-state index contributed by atoms with van der Waals surface area (Å²) in [7, 11) is -3.73. The summed E-state index contributed by atoms with van der Waals surface area (Å²) in [5.41, 5.74) is 1.58. The molecule has 0 bridgehead atoms. The van der Waals surface area contributed by atoms with Gasteiger partial charge in [0.1, 0.15) is 0 Å². The highest BCUT2D eigenvalue weighted by molar-refractivity contribution is 7.89. The Labute approximate surface area is 188 Å². The summed E-state index contributed by atoms with van der Waals surface area (Å²) < 4.78 is 27.2. The van der Waals surface area contributed by atoms with Gasteiger partial charge in [-0.3, -0.25) is 14.5 Å². The first-order chi connectivity index (χ1) is 14.7. The Morgan fingerprint density at radius 1 is 1.03 bits per heavy atom. The predicted molar refractivity (Wildman–Crippen MR) is 120 cm³/mol. The number of rotatable bonds is 8. The maximum absolute atomic E-state index is 12.5. The Balaban J connectivity index is 1.43. The van der Waals surface area contributed by atoms with E-state index < -0.39 is 10.0 Å². The monoisotopic (exact) mass is 463 g/mol. The normalized spacial score (nSPS) is 15.1. The van der Waals surface area contributed by atoms with Gasteiger partial charge in [0.25, 0.3) is 0 Å². The van der Waals surface area contributed by atoms with Gasteiger partial charge >= 0.3 is 0 Å². The van der Waals surface area contributed by atoms with Gasteiger partial charge < -0.3 is 4.90 Å². The van der Waals surface area contributed by atoms with Crippen LogP contribution >= 0.6 is 11.6 Å². The van der Waals surface area contributed by atoms with Crippen molar-refractivity contribution in [2.24, 2.45) is 0 Å². The standard InChI is InChI=1S/C22H26ClN3O4S/c1-17(27)19-5-7-21(8-6-19)31(29,30)24-10-9-22(28)26-13-11-25(12-14-26)16-18-3-2-4-20(23)15-18/h2-8,15,24H,9-14,16H2,1H3. The van der Waals surface area contributed by atoms with Crippen molar-refractivity contribution in [1.29, 1.82) is 0 Å². The zero-order valence-corrected chi connectivity index (χ0v) is 19.0. The molecule has 31 heavy (non-hydrogen) atoms. The zero-order chi connectivity index (χ0) is 22.4. The maximum atomic E-state index is 12.5. The topological polar surface area (TPSA) is 86.8 Å². The lowest BCUT2D eigenvalue weighted by Gasteiger charge is -2.34. The Morgan fingerprint density at radius 2 is 1.71 bits per heavy atom. The largest absolute Gasteiger partial charge is 0.340 e. The molecule has 3 rings (SSSR count). The van der Waals surface area contributed by atoms with Crippen LogP contribution in [0.15, 0.2) is 53.4 Å². The SMILES string of the molecule is CC(=O)c1ccc(S(=O)(=O)NCCC(=O)N2CCN(Cc3cccc(Cl)c3)CC2)cc1. The second-order valence-corrected chi connectivity index (χ2v) is 9.72. The van der Waals surface area contributed by atoms with Crippen molar-refractivity contribution in [1.82, 2.24) is 14.5 Å². The smallest absolute Gasteiger partial charge is 0.240 e. The van der Waals surface area contributed by atoms with Crippen LogP contribution in [0.4, 0.5) is 0 Å². The molecule has 7 nitrogen and oxygen atoms in total. The van der Waals surface area contributed by atoms with E-state index in [9.17, 15) is 18.0 Å². The van der Waals surface area contributed by atoms with Crippen molar-refractivity contribution < 1.29 is 18.0 Å². The van der Waals surface area contributed by atoms with Gasteiger partial charge in [0.05, 0.1) is 4.90 Å². The number of nitrogens with zero attached hydrogens (tertiary/aromatic N) is 2. The summed E-state index contributed by atoms with van der Waals surface area (Å²) in [6.07, 6.45) is 0.0963. The average molecular weight is 464 g/mol. The lowest BCUT2D eigenvalue weighted by Crippen LogP contribution is -2.48. The van der Waals surface area contributed by atoms with Crippen molar-refractivity contribution in [3.8, 4) is 0 Å². The number of nitrogens with one attached hydrogen (secondary N) is 1. The molecule has 1 saturated heterocycles. The molecule has 0 radical (unpaired) electrons. The van der Waals surface area contributed by atoms with Gasteiger partial charge in [-0.25, -0.2) is 13.1 Å². The van der Waals surface area contributed by atoms with Crippen LogP contribution in [-0.4, -0.2) is 62.6 Å². The third kappa shape index (κ3) is 6.61. The van der Waals surface area contributed by atoms with Crippen molar-refractivity contribution in [2.75, 3.05) is 32.7 Å². The number of hydrogen-bond acceptors (Lipinski definition) is 5. The third-order valence-corrected chi connectivity index (χ3v) is 6.93. The number of halogens is 1. The summed E-state index contributed by atoms with van der Waals surface area (Å²) >= 11 is 6.03. The summed E-state index contributed by atoms with van der Waals surface area (Å²) in [6.45, 7) is 4.96. The fourth-order valence-electron chi connectivity index (χ4n) is 3.45. The van der Waals surface area contributed by atoms with E-state index in [1.54, 1.807) is 4.90 Å². The molecule has 166 valence electrons. The quantitative estimate of drug-likeness (QED) is 0.608. The van der Waals surface area contributed by atoms with Gasteiger partial charge in [-0.05, 0) is 36.8 Å². The summed E-state index contributed by atoms with van der Waals surface area (Å²) in [4.78, 5) is 27.9. The first kappa shape index (κ1) is 23.4. The third-order valence-electron chi connectivity index (χ3n) is 5.22. The van der Waals surface area contributed by atoms with E-state index in [1.807, 2.05) is 24.3 Å². The molecule has 1 heterocycles. The number of carbonyl (C=O) groups is 2. The van der Waals surface area contributed by atoms with Crippen LogP contribution in [0.5, 0.6) is 0 Å². The van der Waals surface area contributed by atoms with Crippen LogP contribution < -0.4 is 4.72 Å². The number of carbonyl (C=O) groups excluding carboxylic acids is 2. The molecule has 1 N–H and O–H groups in total. The highest BCUT2D eigenvalue weighted by Gasteiger charge is 2.22. The molecule has 1 amide bonds. The highest BCUT2D eigenvalue weighted by atomic mass is 35.5. The lowest BCUT2D eigenvalue weighted by atomic mass is 10.2. The molecule has 1 aliphatic rings. The van der Waals surface area contributed by atoms with E-state index in [4.69, 9.17) is 11.6 Å². The van der Waals surface area contributed by atoms with Gasteiger partial charge in [-0.15, -0.1) is 0 Å². The van der Waals surface area contributed by atoms with Crippen LogP contribution in [0.2, 0.25) is 5.02 Å². The van der Waals surface area contributed by atoms with Crippen LogP contribution in [0.25, 0.3) is 0 Å². The van der Waals surface area contributed by atoms with E-state index in [1.165, 1.54) is 31.2 Å². The van der Waals surface area contributed by atoms with E-state index >= 15 is 0 Å². The molecule has 0 atom stereocenters. The summed E-state index contributed by atoms with van der Waals surface area (Å²) in [5, 5.41) is 0.712. The zero-order valence-electron chi connectivity index (χ0n) is 17.4. The molecule has 0 spiro atoms. The van der Waals surface area contributed by atoms with E-state index in [2.05, 4.69) is 9.62 Å². The van der Waals surface area contributed by atoms with Crippen LogP contribution in [-0.2, 0) is 21.4 Å². The van der Waals surface area contributed by atoms with Gasteiger partial charge in [0, 0.05) is 56.3 Å². The average Bonchev–Trinajstić information content (AvgIpc) is 2.74. The molecule has 2 aromatic carbocycles. The molecule has 1 fully saturated rings. The molecule has 9 heteroatoms. The number of sulfonamides is 1. The Bertz CT molecular complexity index is 1030. The van der Waals surface area contributed by atoms with Gasteiger partial charge in [0.15, 0.2) is 5.78 Å². The first-order valence-corrected chi connectivity index (χ1v) is 12.0. The maximum Gasteiger partial charge on any atom is 0.240 e. The number of amides is 1. The van der Waals surface area contributed by atoms with Crippen molar-refractivity contribution in [2.45, 2.75) is 24.8 Å². The summed E-state index contributed by atoms with van der Waals surface area (Å²) in [5.74, 6) is -0.202. The number of ketones is 1. The van der Waals surface area contributed by atoms with Crippen LogP contribution in [0.1, 0.15) is 29.3 Å². The molecular weight excluding hydrogens is 438 g/mol. The van der Waals surface area contributed by atoms with E-state index in [0.29, 0.717) is 23.7 Å². The Kier molecular flexibility index (Phi) is 7.83. The molecular formula is C22H26ClN3O4S. The van der Waals surface area contributed by atoms with Crippen LogP contribution in [0, 0.1) is 0 Å².